The van der Waals surface area contributed by atoms with Gasteiger partial charge in [-0.3, -0.25) is 4.79 Å². The van der Waals surface area contributed by atoms with Crippen molar-refractivity contribution in [1.29, 1.82) is 0 Å². The maximum Gasteiger partial charge on any atom is 0.254 e. The van der Waals surface area contributed by atoms with Gasteiger partial charge in [0.1, 0.15) is 0 Å². The zero-order chi connectivity index (χ0) is 15.5. The van der Waals surface area contributed by atoms with Crippen molar-refractivity contribution in [3.8, 4) is 5.75 Å². The van der Waals surface area contributed by atoms with Crippen LogP contribution in [0.25, 0.3) is 0 Å². The Morgan fingerprint density at radius 3 is 2.68 bits per heavy atom. The summed E-state index contributed by atoms with van der Waals surface area (Å²) in [5.41, 5.74) is 0.335. The second-order valence-corrected chi connectivity index (χ2v) is 5.45. The second kappa shape index (κ2) is 6.27. The monoisotopic (exact) mass is 322 g/mol. The van der Waals surface area contributed by atoms with Crippen LogP contribution in [0.3, 0.4) is 0 Å². The summed E-state index contributed by atoms with van der Waals surface area (Å²) in [6.07, 6.45) is 1.72. The van der Waals surface area contributed by atoms with Crippen molar-refractivity contribution >= 4 is 23.5 Å². The number of aromatic nitrogens is 2. The minimum absolute atomic E-state index is 0.136. The first-order chi connectivity index (χ1) is 10.7. The number of ether oxygens (including phenoxy) is 1. The Bertz CT molecular complexity index is 657. The average Bonchev–Trinajstić information content (AvgIpc) is 3.09. The third-order valence-electron chi connectivity index (χ3n) is 3.64. The summed E-state index contributed by atoms with van der Waals surface area (Å²) in [5, 5.41) is 0. The minimum atomic E-state index is -0.527. The lowest BCUT2D eigenvalue weighted by Gasteiger charge is -2.34. The summed E-state index contributed by atoms with van der Waals surface area (Å²) in [7, 11) is 1.40. The molecule has 0 aliphatic carbocycles. The molecule has 0 unspecified atom stereocenters. The van der Waals surface area contributed by atoms with Gasteiger partial charge in [-0.05, 0) is 18.2 Å². The molecule has 0 N–H and O–H groups in total. The van der Waals surface area contributed by atoms with Crippen molar-refractivity contribution in [2.45, 2.75) is 0 Å². The highest BCUT2D eigenvalue weighted by molar-refractivity contribution is 6.99. The predicted octanol–water partition coefficient (Wildman–Crippen LogP) is 1.65. The highest BCUT2D eigenvalue weighted by Crippen LogP contribution is 2.20. The Hall–Kier alpha value is -2.22. The van der Waals surface area contributed by atoms with E-state index in [0.29, 0.717) is 31.7 Å². The Morgan fingerprint density at radius 1 is 1.32 bits per heavy atom. The van der Waals surface area contributed by atoms with Gasteiger partial charge in [0.2, 0.25) is 0 Å². The van der Waals surface area contributed by atoms with Crippen LogP contribution in [-0.2, 0) is 0 Å². The van der Waals surface area contributed by atoms with E-state index >= 15 is 0 Å². The van der Waals surface area contributed by atoms with Gasteiger partial charge in [0.15, 0.2) is 17.4 Å². The summed E-state index contributed by atoms with van der Waals surface area (Å²) >= 11 is 1.17. The van der Waals surface area contributed by atoms with E-state index < -0.39 is 5.82 Å². The molecular weight excluding hydrogens is 307 g/mol. The van der Waals surface area contributed by atoms with E-state index in [4.69, 9.17) is 4.74 Å². The molecule has 0 bridgehead atoms. The highest BCUT2D eigenvalue weighted by atomic mass is 32.1. The number of hydrogen-bond acceptors (Lipinski definition) is 6. The zero-order valence-electron chi connectivity index (χ0n) is 12.0. The molecule has 1 aromatic heterocycles. The van der Waals surface area contributed by atoms with Crippen molar-refractivity contribution in [3.63, 3.8) is 0 Å². The Labute approximate surface area is 131 Å². The summed E-state index contributed by atoms with van der Waals surface area (Å²) in [6.45, 7) is 2.53. The second-order valence-electron chi connectivity index (χ2n) is 4.89. The fourth-order valence-electron chi connectivity index (χ4n) is 2.42. The van der Waals surface area contributed by atoms with E-state index in [-0.39, 0.29) is 11.7 Å². The molecule has 1 amide bonds. The van der Waals surface area contributed by atoms with E-state index in [9.17, 15) is 9.18 Å². The lowest BCUT2D eigenvalue weighted by Crippen LogP contribution is -2.48. The molecule has 1 saturated heterocycles. The van der Waals surface area contributed by atoms with Gasteiger partial charge < -0.3 is 14.5 Å². The summed E-state index contributed by atoms with van der Waals surface area (Å²) in [4.78, 5) is 16.2. The number of benzene rings is 1. The molecule has 1 aliphatic rings. The third kappa shape index (κ3) is 2.87. The minimum Gasteiger partial charge on any atom is -0.494 e. The SMILES string of the molecule is COc1ccc(C(=O)N2CCN(c3cnsn3)CC2)cc1F. The molecule has 6 nitrogen and oxygen atoms in total. The number of anilines is 1. The van der Waals surface area contributed by atoms with Gasteiger partial charge in [-0.2, -0.15) is 8.75 Å². The molecule has 3 rings (SSSR count). The fourth-order valence-corrected chi connectivity index (χ4v) is 2.85. The van der Waals surface area contributed by atoms with Crippen molar-refractivity contribution < 1.29 is 13.9 Å². The van der Waals surface area contributed by atoms with E-state index in [0.717, 1.165) is 5.82 Å². The standard InChI is InChI=1S/C14H15FN4O2S/c1-21-12-3-2-10(8-11(12)15)14(20)19-6-4-18(5-7-19)13-9-16-22-17-13/h2-3,8-9H,4-7H2,1H3. The van der Waals surface area contributed by atoms with Crippen LogP contribution in [0.15, 0.2) is 24.4 Å². The maximum absolute atomic E-state index is 13.7. The number of halogens is 1. The van der Waals surface area contributed by atoms with Crippen LogP contribution >= 0.6 is 11.7 Å². The van der Waals surface area contributed by atoms with Gasteiger partial charge in [-0.1, -0.05) is 0 Å². The van der Waals surface area contributed by atoms with Gasteiger partial charge in [-0.15, -0.1) is 0 Å². The van der Waals surface area contributed by atoms with Gasteiger partial charge in [0.05, 0.1) is 25.0 Å². The quantitative estimate of drug-likeness (QED) is 0.860. The summed E-state index contributed by atoms with van der Waals surface area (Å²) < 4.78 is 26.7. The molecule has 8 heteroatoms. The van der Waals surface area contributed by atoms with Crippen LogP contribution in [0.4, 0.5) is 10.2 Å². The van der Waals surface area contributed by atoms with Gasteiger partial charge >= 0.3 is 0 Å². The predicted molar refractivity (Wildman–Crippen MR) is 81.0 cm³/mol. The molecular formula is C14H15FN4O2S. The van der Waals surface area contributed by atoms with Gasteiger partial charge in [0.25, 0.3) is 5.91 Å². The van der Waals surface area contributed by atoms with Gasteiger partial charge in [-0.25, -0.2) is 4.39 Å². The number of methoxy groups -OCH3 is 1. The van der Waals surface area contributed by atoms with E-state index in [1.54, 1.807) is 17.2 Å². The molecule has 0 radical (unpaired) electrons. The van der Waals surface area contributed by atoms with Crippen LogP contribution in [-0.4, -0.2) is 52.8 Å². The number of hydrogen-bond donors (Lipinski definition) is 0. The van der Waals surface area contributed by atoms with Crippen molar-refractivity contribution in [2.75, 3.05) is 38.2 Å². The topological polar surface area (TPSA) is 58.6 Å². The van der Waals surface area contributed by atoms with Crippen LogP contribution in [0, 0.1) is 5.82 Å². The molecule has 2 heterocycles. The molecule has 0 spiro atoms. The normalized spacial score (nSPS) is 15.0. The average molecular weight is 322 g/mol. The number of amides is 1. The number of nitrogens with zero attached hydrogens (tertiary/aromatic N) is 4. The highest BCUT2D eigenvalue weighted by Gasteiger charge is 2.23. The zero-order valence-corrected chi connectivity index (χ0v) is 12.8. The lowest BCUT2D eigenvalue weighted by molar-refractivity contribution is 0.0746. The molecule has 0 saturated carbocycles. The molecule has 0 atom stereocenters. The molecule has 1 aromatic carbocycles. The van der Waals surface area contributed by atoms with Crippen molar-refractivity contribution in [2.24, 2.45) is 0 Å². The molecule has 1 fully saturated rings. The van der Waals surface area contributed by atoms with Crippen LogP contribution in [0.1, 0.15) is 10.4 Å². The van der Waals surface area contributed by atoms with Gasteiger partial charge in [0, 0.05) is 31.7 Å². The van der Waals surface area contributed by atoms with E-state index in [2.05, 4.69) is 13.6 Å². The third-order valence-corrected chi connectivity index (χ3v) is 4.11. The molecule has 22 heavy (non-hydrogen) atoms. The van der Waals surface area contributed by atoms with E-state index in [1.807, 2.05) is 0 Å². The van der Waals surface area contributed by atoms with Crippen molar-refractivity contribution in [1.82, 2.24) is 13.6 Å². The molecule has 2 aromatic rings. The summed E-state index contributed by atoms with van der Waals surface area (Å²) in [6, 6.07) is 4.28. The van der Waals surface area contributed by atoms with Crippen LogP contribution < -0.4 is 9.64 Å². The first kappa shape index (κ1) is 14.7. The lowest BCUT2D eigenvalue weighted by atomic mass is 10.1. The van der Waals surface area contributed by atoms with E-state index in [1.165, 1.54) is 31.0 Å². The van der Waals surface area contributed by atoms with Crippen LogP contribution in [0.2, 0.25) is 0 Å². The number of carbonyl (C=O) groups excluding carboxylic acids is 1. The van der Waals surface area contributed by atoms with Crippen molar-refractivity contribution in [3.05, 3.63) is 35.8 Å². The Morgan fingerprint density at radius 2 is 2.09 bits per heavy atom. The molecule has 116 valence electrons. The van der Waals surface area contributed by atoms with Crippen LogP contribution in [0.5, 0.6) is 5.75 Å². The summed E-state index contributed by atoms with van der Waals surface area (Å²) in [5.74, 6) is 0.281. The fraction of sp³-hybridized carbons (Fsp3) is 0.357. The maximum atomic E-state index is 13.7. The number of carbonyl (C=O) groups is 1. The largest absolute Gasteiger partial charge is 0.494 e. The number of rotatable bonds is 3. The Balaban J connectivity index is 1.65. The smallest absolute Gasteiger partial charge is 0.254 e. The first-order valence-corrected chi connectivity index (χ1v) is 7.57. The molecule has 1 aliphatic heterocycles. The first-order valence-electron chi connectivity index (χ1n) is 6.84. The number of piperazine rings is 1. The Kier molecular flexibility index (Phi) is 4.19.